The molecule has 0 bridgehead atoms. The van der Waals surface area contributed by atoms with Crippen molar-refractivity contribution in [3.8, 4) is 5.88 Å². The Kier molecular flexibility index (Phi) is 4.15. The highest BCUT2D eigenvalue weighted by Gasteiger charge is 2.04. The van der Waals surface area contributed by atoms with Gasteiger partial charge in [0.2, 0.25) is 11.8 Å². The second-order valence-electron chi connectivity index (χ2n) is 3.89. The number of halogens is 1. The van der Waals surface area contributed by atoms with Crippen LogP contribution >= 0.6 is 15.9 Å². The summed E-state index contributed by atoms with van der Waals surface area (Å²) in [5.41, 5.74) is 2.44. The van der Waals surface area contributed by atoms with Gasteiger partial charge in [0.15, 0.2) is 0 Å². The van der Waals surface area contributed by atoms with Gasteiger partial charge in [-0.25, -0.2) is 4.98 Å². The molecule has 0 aliphatic carbocycles. The molecule has 0 radical (unpaired) electrons. The summed E-state index contributed by atoms with van der Waals surface area (Å²) >= 11 is 3.32. The van der Waals surface area contributed by atoms with Crippen LogP contribution in [0.1, 0.15) is 11.1 Å². The highest BCUT2D eigenvalue weighted by atomic mass is 79.9. The molecule has 18 heavy (non-hydrogen) atoms. The van der Waals surface area contributed by atoms with Crippen molar-refractivity contribution >= 4 is 21.9 Å². The number of ether oxygens (including phenoxy) is 1. The Bertz CT molecular complexity index is 528. The maximum atomic E-state index is 5.12. The molecule has 0 spiro atoms. The Hall–Kier alpha value is -1.62. The lowest BCUT2D eigenvalue weighted by Crippen LogP contribution is -2.04. The molecule has 0 saturated heterocycles. The third-order valence-corrected chi connectivity index (χ3v) is 3.02. The van der Waals surface area contributed by atoms with Gasteiger partial charge in [0.1, 0.15) is 0 Å². The number of rotatable bonds is 4. The zero-order chi connectivity index (χ0) is 13.0. The zero-order valence-corrected chi connectivity index (χ0v) is 11.9. The second kappa shape index (κ2) is 5.82. The number of aromatic nitrogens is 2. The molecule has 1 heterocycles. The van der Waals surface area contributed by atoms with Gasteiger partial charge in [-0.2, -0.15) is 4.98 Å². The van der Waals surface area contributed by atoms with Crippen molar-refractivity contribution in [1.29, 1.82) is 0 Å². The van der Waals surface area contributed by atoms with Crippen LogP contribution in [-0.4, -0.2) is 17.1 Å². The van der Waals surface area contributed by atoms with E-state index in [4.69, 9.17) is 4.74 Å². The highest BCUT2D eigenvalue weighted by Crippen LogP contribution is 2.21. The minimum Gasteiger partial charge on any atom is -0.480 e. The van der Waals surface area contributed by atoms with Crippen LogP contribution in [0.25, 0.3) is 0 Å². The van der Waals surface area contributed by atoms with E-state index >= 15 is 0 Å². The molecular formula is C13H14BrN3O. The van der Waals surface area contributed by atoms with Crippen molar-refractivity contribution in [2.75, 3.05) is 12.4 Å². The van der Waals surface area contributed by atoms with E-state index < -0.39 is 0 Å². The van der Waals surface area contributed by atoms with Crippen LogP contribution in [0.3, 0.4) is 0 Å². The summed E-state index contributed by atoms with van der Waals surface area (Å²) < 4.78 is 5.86. The number of hydrogen-bond donors (Lipinski definition) is 1. The first-order chi connectivity index (χ1) is 8.69. The predicted octanol–water partition coefficient (Wildman–Crippen LogP) is 3.17. The lowest BCUT2D eigenvalue weighted by atomic mass is 10.1. The lowest BCUT2D eigenvalue weighted by molar-refractivity contribution is 0.394. The van der Waals surface area contributed by atoms with Gasteiger partial charge in [-0.3, -0.25) is 0 Å². The monoisotopic (exact) mass is 307 g/mol. The Balaban J connectivity index is 2.04. The molecule has 2 rings (SSSR count). The molecule has 1 N–H and O–H groups in total. The normalized spacial score (nSPS) is 10.2. The summed E-state index contributed by atoms with van der Waals surface area (Å²) in [7, 11) is 1.58. The summed E-state index contributed by atoms with van der Waals surface area (Å²) in [5, 5.41) is 3.16. The average molecular weight is 308 g/mol. The van der Waals surface area contributed by atoms with E-state index in [9.17, 15) is 0 Å². The fourth-order valence-electron chi connectivity index (χ4n) is 1.47. The van der Waals surface area contributed by atoms with Crippen molar-refractivity contribution in [2.45, 2.75) is 13.5 Å². The number of nitrogens with one attached hydrogen (secondary N) is 1. The number of nitrogens with zero attached hydrogens (tertiary/aromatic N) is 2. The second-order valence-corrected chi connectivity index (χ2v) is 4.74. The number of anilines is 1. The van der Waals surface area contributed by atoms with Crippen molar-refractivity contribution < 1.29 is 4.74 Å². The molecular weight excluding hydrogens is 294 g/mol. The number of benzene rings is 1. The minimum absolute atomic E-state index is 0.524. The van der Waals surface area contributed by atoms with Gasteiger partial charge in [-0.15, -0.1) is 0 Å². The first-order valence-corrected chi connectivity index (χ1v) is 6.34. The van der Waals surface area contributed by atoms with Crippen molar-refractivity contribution in [1.82, 2.24) is 9.97 Å². The van der Waals surface area contributed by atoms with Gasteiger partial charge in [0.05, 0.1) is 17.8 Å². The number of methoxy groups -OCH3 is 1. The molecule has 0 saturated carbocycles. The molecule has 1 aromatic carbocycles. The van der Waals surface area contributed by atoms with Gasteiger partial charge < -0.3 is 10.1 Å². The topological polar surface area (TPSA) is 47.0 Å². The third-order valence-electron chi connectivity index (χ3n) is 2.48. The Morgan fingerprint density at radius 3 is 2.67 bits per heavy atom. The van der Waals surface area contributed by atoms with Gasteiger partial charge in [-0.1, -0.05) is 29.8 Å². The van der Waals surface area contributed by atoms with Gasteiger partial charge in [-0.05, 0) is 28.4 Å². The SMILES string of the molecule is COc1nc(NCc2ccc(C)cc2)ncc1Br. The fraction of sp³-hybridized carbons (Fsp3) is 0.231. The van der Waals surface area contributed by atoms with Crippen LogP contribution in [0.5, 0.6) is 5.88 Å². The Morgan fingerprint density at radius 2 is 2.00 bits per heavy atom. The smallest absolute Gasteiger partial charge is 0.232 e. The van der Waals surface area contributed by atoms with Gasteiger partial charge in [0.25, 0.3) is 0 Å². The van der Waals surface area contributed by atoms with Crippen LogP contribution in [-0.2, 0) is 6.54 Å². The van der Waals surface area contributed by atoms with Gasteiger partial charge >= 0.3 is 0 Å². The molecule has 0 fully saturated rings. The number of aryl methyl sites for hydroxylation is 1. The van der Waals surface area contributed by atoms with Crippen LogP contribution in [0.2, 0.25) is 0 Å². The zero-order valence-electron chi connectivity index (χ0n) is 10.3. The molecule has 0 atom stereocenters. The molecule has 0 aliphatic rings. The molecule has 0 unspecified atom stereocenters. The van der Waals surface area contributed by atoms with E-state index in [1.807, 2.05) is 0 Å². The summed E-state index contributed by atoms with van der Waals surface area (Å²) in [6.45, 7) is 2.75. The standard InChI is InChI=1S/C13H14BrN3O/c1-9-3-5-10(6-4-9)7-15-13-16-8-11(14)12(17-13)18-2/h3-6,8H,7H2,1-2H3,(H,15,16,17). The van der Waals surface area contributed by atoms with Gasteiger partial charge in [0, 0.05) is 6.54 Å². The van der Waals surface area contributed by atoms with Crippen molar-refractivity contribution in [2.24, 2.45) is 0 Å². The molecule has 4 nitrogen and oxygen atoms in total. The Labute approximate surface area is 115 Å². The largest absolute Gasteiger partial charge is 0.480 e. The number of hydrogen-bond acceptors (Lipinski definition) is 4. The molecule has 2 aromatic rings. The van der Waals surface area contributed by atoms with E-state index in [-0.39, 0.29) is 0 Å². The quantitative estimate of drug-likeness (QED) is 0.942. The molecule has 5 heteroatoms. The Morgan fingerprint density at radius 1 is 1.28 bits per heavy atom. The lowest BCUT2D eigenvalue weighted by Gasteiger charge is -2.07. The maximum absolute atomic E-state index is 5.12. The molecule has 1 aromatic heterocycles. The van der Waals surface area contributed by atoms with E-state index in [0.717, 1.165) is 4.47 Å². The van der Waals surface area contributed by atoms with Crippen molar-refractivity contribution in [3.63, 3.8) is 0 Å². The van der Waals surface area contributed by atoms with Crippen LogP contribution < -0.4 is 10.1 Å². The van der Waals surface area contributed by atoms with E-state index in [1.165, 1.54) is 11.1 Å². The summed E-state index contributed by atoms with van der Waals surface area (Å²) in [5.74, 6) is 1.08. The average Bonchev–Trinajstić information content (AvgIpc) is 2.39. The third kappa shape index (κ3) is 3.20. The van der Waals surface area contributed by atoms with E-state index in [2.05, 4.69) is 62.4 Å². The van der Waals surface area contributed by atoms with Crippen LogP contribution in [0, 0.1) is 6.92 Å². The summed E-state index contributed by atoms with van der Waals surface area (Å²) in [6.07, 6.45) is 1.67. The first kappa shape index (κ1) is 12.8. The van der Waals surface area contributed by atoms with E-state index in [0.29, 0.717) is 18.4 Å². The molecule has 94 valence electrons. The van der Waals surface area contributed by atoms with Crippen molar-refractivity contribution in [3.05, 3.63) is 46.1 Å². The fourth-order valence-corrected chi connectivity index (χ4v) is 1.82. The first-order valence-electron chi connectivity index (χ1n) is 5.55. The minimum atomic E-state index is 0.524. The predicted molar refractivity (Wildman–Crippen MR) is 74.8 cm³/mol. The molecule has 0 aliphatic heterocycles. The maximum Gasteiger partial charge on any atom is 0.232 e. The van der Waals surface area contributed by atoms with E-state index in [1.54, 1.807) is 13.3 Å². The summed E-state index contributed by atoms with van der Waals surface area (Å²) in [6, 6.07) is 8.33. The molecule has 0 amide bonds. The van der Waals surface area contributed by atoms with Crippen LogP contribution in [0.4, 0.5) is 5.95 Å². The van der Waals surface area contributed by atoms with Crippen LogP contribution in [0.15, 0.2) is 34.9 Å². The highest BCUT2D eigenvalue weighted by molar-refractivity contribution is 9.10. The summed E-state index contributed by atoms with van der Waals surface area (Å²) in [4.78, 5) is 8.40.